The molecule has 1 aliphatic rings. The predicted molar refractivity (Wildman–Crippen MR) is 107 cm³/mol. The lowest BCUT2D eigenvalue weighted by Gasteiger charge is -2.24. The number of nitrogens with zero attached hydrogens (tertiary/aromatic N) is 3. The lowest BCUT2D eigenvalue weighted by molar-refractivity contribution is -0.384. The molecule has 0 saturated carbocycles. The molecule has 0 unspecified atom stereocenters. The fourth-order valence-corrected chi connectivity index (χ4v) is 3.34. The third-order valence-corrected chi connectivity index (χ3v) is 4.97. The van der Waals surface area contributed by atoms with Gasteiger partial charge in [-0.3, -0.25) is 10.1 Å². The van der Waals surface area contributed by atoms with Crippen LogP contribution in [0.5, 0.6) is 0 Å². The number of alkyl halides is 3. The second-order valence-electron chi connectivity index (χ2n) is 6.72. The summed E-state index contributed by atoms with van der Waals surface area (Å²) in [6.07, 6.45) is -4.16. The topological polar surface area (TPSA) is 78.7 Å². The number of urea groups is 1. The van der Waals surface area contributed by atoms with Crippen LogP contribution in [0.3, 0.4) is 0 Å². The molecule has 2 aromatic carbocycles. The minimum Gasteiger partial charge on any atom is -0.364 e. The van der Waals surface area contributed by atoms with Crippen LogP contribution >= 0.6 is 11.6 Å². The molecular weight excluding hydrogens is 425 g/mol. The zero-order valence-corrected chi connectivity index (χ0v) is 16.4. The molecule has 11 heteroatoms. The lowest BCUT2D eigenvalue weighted by atomic mass is 10.1. The van der Waals surface area contributed by atoms with Crippen LogP contribution in [0.2, 0.25) is 5.02 Å². The number of hydrogen-bond donors (Lipinski definition) is 1. The van der Waals surface area contributed by atoms with Gasteiger partial charge in [-0.05, 0) is 42.8 Å². The molecule has 0 bridgehead atoms. The van der Waals surface area contributed by atoms with Crippen molar-refractivity contribution in [1.82, 2.24) is 4.90 Å². The number of hydrogen-bond acceptors (Lipinski definition) is 4. The highest BCUT2D eigenvalue weighted by atomic mass is 35.5. The summed E-state index contributed by atoms with van der Waals surface area (Å²) >= 11 is 5.82. The Morgan fingerprint density at radius 3 is 2.40 bits per heavy atom. The minimum absolute atomic E-state index is 0.105. The Balaban J connectivity index is 1.72. The van der Waals surface area contributed by atoms with Gasteiger partial charge in [-0.25, -0.2) is 4.79 Å². The van der Waals surface area contributed by atoms with E-state index in [2.05, 4.69) is 5.32 Å². The van der Waals surface area contributed by atoms with Crippen LogP contribution in [-0.2, 0) is 6.18 Å². The van der Waals surface area contributed by atoms with Gasteiger partial charge in [0.1, 0.15) is 5.69 Å². The van der Waals surface area contributed by atoms with Crippen molar-refractivity contribution in [3.8, 4) is 0 Å². The van der Waals surface area contributed by atoms with Crippen molar-refractivity contribution in [2.24, 2.45) is 0 Å². The van der Waals surface area contributed by atoms with Gasteiger partial charge in [-0.15, -0.1) is 0 Å². The summed E-state index contributed by atoms with van der Waals surface area (Å²) in [6.45, 7) is 1.29. The first-order valence-corrected chi connectivity index (χ1v) is 9.45. The summed E-state index contributed by atoms with van der Waals surface area (Å²) in [7, 11) is 0. The van der Waals surface area contributed by atoms with E-state index in [4.69, 9.17) is 11.6 Å². The largest absolute Gasteiger partial charge is 0.416 e. The Labute approximate surface area is 175 Å². The molecule has 1 saturated heterocycles. The number of halogens is 4. The number of rotatable bonds is 3. The smallest absolute Gasteiger partial charge is 0.364 e. The van der Waals surface area contributed by atoms with Crippen LogP contribution in [-0.4, -0.2) is 42.0 Å². The van der Waals surface area contributed by atoms with Crippen LogP contribution in [0.1, 0.15) is 12.0 Å². The van der Waals surface area contributed by atoms with Crippen molar-refractivity contribution in [2.45, 2.75) is 12.6 Å². The molecule has 160 valence electrons. The molecule has 1 heterocycles. The fourth-order valence-electron chi connectivity index (χ4n) is 3.21. The molecule has 1 N–H and O–H groups in total. The zero-order chi connectivity index (χ0) is 21.9. The number of nitro benzene ring substituents is 1. The second kappa shape index (κ2) is 8.78. The van der Waals surface area contributed by atoms with Crippen LogP contribution in [0, 0.1) is 10.1 Å². The highest BCUT2D eigenvalue weighted by Crippen LogP contribution is 2.36. The predicted octanol–water partition coefficient (Wildman–Crippen LogP) is 5.01. The van der Waals surface area contributed by atoms with E-state index in [1.807, 2.05) is 0 Å². The highest BCUT2D eigenvalue weighted by molar-refractivity contribution is 6.30. The summed E-state index contributed by atoms with van der Waals surface area (Å²) in [5, 5.41) is 14.6. The first-order valence-electron chi connectivity index (χ1n) is 9.07. The van der Waals surface area contributed by atoms with Crippen LogP contribution in [0.4, 0.5) is 35.0 Å². The summed E-state index contributed by atoms with van der Waals surface area (Å²) in [6, 6.07) is 8.77. The first-order chi connectivity index (χ1) is 14.1. The summed E-state index contributed by atoms with van der Waals surface area (Å²) in [5.74, 6) is 0. The van der Waals surface area contributed by atoms with Crippen molar-refractivity contribution in [1.29, 1.82) is 0 Å². The molecule has 0 spiro atoms. The van der Waals surface area contributed by atoms with Gasteiger partial charge in [-0.2, -0.15) is 13.2 Å². The summed E-state index contributed by atoms with van der Waals surface area (Å²) < 4.78 is 38.8. The van der Waals surface area contributed by atoms with E-state index in [1.165, 1.54) is 0 Å². The first kappa shape index (κ1) is 21.7. The Morgan fingerprint density at radius 2 is 1.77 bits per heavy atom. The van der Waals surface area contributed by atoms with Crippen LogP contribution < -0.4 is 10.2 Å². The van der Waals surface area contributed by atoms with Crippen molar-refractivity contribution < 1.29 is 22.9 Å². The molecule has 2 amide bonds. The third kappa shape index (κ3) is 5.12. The van der Waals surface area contributed by atoms with Gasteiger partial charge in [0.2, 0.25) is 0 Å². The number of amides is 2. The van der Waals surface area contributed by atoms with Crippen LogP contribution in [0.15, 0.2) is 42.5 Å². The van der Waals surface area contributed by atoms with Gasteiger partial charge >= 0.3 is 12.2 Å². The number of anilines is 2. The maximum absolute atomic E-state index is 12.9. The van der Waals surface area contributed by atoms with E-state index in [9.17, 15) is 28.1 Å². The van der Waals surface area contributed by atoms with Gasteiger partial charge < -0.3 is 15.1 Å². The average Bonchev–Trinajstić information content (AvgIpc) is 2.95. The minimum atomic E-state index is -4.67. The van der Waals surface area contributed by atoms with E-state index >= 15 is 0 Å². The number of nitro groups is 1. The van der Waals surface area contributed by atoms with E-state index in [1.54, 1.807) is 34.1 Å². The molecule has 7 nitrogen and oxygen atoms in total. The molecule has 1 aliphatic heterocycles. The normalized spacial score (nSPS) is 14.9. The van der Waals surface area contributed by atoms with Gasteiger partial charge in [0, 0.05) is 43.0 Å². The monoisotopic (exact) mass is 442 g/mol. The molecule has 0 radical (unpaired) electrons. The molecule has 3 rings (SSSR count). The van der Waals surface area contributed by atoms with Gasteiger partial charge in [0.25, 0.3) is 5.69 Å². The van der Waals surface area contributed by atoms with Crippen molar-refractivity contribution in [3.63, 3.8) is 0 Å². The fraction of sp³-hybridized carbons (Fsp3) is 0.316. The van der Waals surface area contributed by atoms with E-state index in [0.717, 1.165) is 12.1 Å². The van der Waals surface area contributed by atoms with Gasteiger partial charge in [0.15, 0.2) is 0 Å². The molecule has 30 heavy (non-hydrogen) atoms. The quantitative estimate of drug-likeness (QED) is 0.535. The van der Waals surface area contributed by atoms with E-state index in [0.29, 0.717) is 36.3 Å². The van der Waals surface area contributed by atoms with Crippen molar-refractivity contribution in [2.75, 3.05) is 36.4 Å². The number of carbonyl (C=O) groups excluding carboxylic acids is 1. The Hall–Kier alpha value is -3.01. The molecule has 1 fully saturated rings. The lowest BCUT2D eigenvalue weighted by Crippen LogP contribution is -2.38. The maximum atomic E-state index is 12.9. The summed E-state index contributed by atoms with van der Waals surface area (Å²) in [4.78, 5) is 26.2. The Morgan fingerprint density at radius 1 is 1.07 bits per heavy atom. The van der Waals surface area contributed by atoms with Gasteiger partial charge in [0.05, 0.1) is 10.5 Å². The van der Waals surface area contributed by atoms with Crippen molar-refractivity contribution in [3.05, 3.63) is 63.2 Å². The molecule has 0 atom stereocenters. The van der Waals surface area contributed by atoms with Gasteiger partial charge in [-0.1, -0.05) is 11.6 Å². The Bertz CT molecular complexity index is 938. The summed E-state index contributed by atoms with van der Waals surface area (Å²) in [5.41, 5.74) is -1.00. The van der Waals surface area contributed by atoms with E-state index in [-0.39, 0.29) is 24.8 Å². The molecule has 0 aliphatic carbocycles. The Kier molecular flexibility index (Phi) is 6.35. The van der Waals surface area contributed by atoms with Crippen LogP contribution in [0.25, 0.3) is 0 Å². The standard InChI is InChI=1S/C19H18ClF3N4O3/c20-14-3-5-15(6-4-14)24-18(28)26-9-1-8-25(10-11-26)16-7-2-13(19(21,22)23)12-17(16)27(29)30/h2-7,12H,1,8-11H2,(H,24,28). The number of carbonyl (C=O) groups is 1. The van der Waals surface area contributed by atoms with Crippen molar-refractivity contribution >= 4 is 34.7 Å². The maximum Gasteiger partial charge on any atom is 0.416 e. The SMILES string of the molecule is O=C(Nc1ccc(Cl)cc1)N1CCCN(c2ccc(C(F)(F)F)cc2[N+](=O)[O-])CC1. The molecular formula is C19H18ClF3N4O3. The zero-order valence-electron chi connectivity index (χ0n) is 15.7. The number of nitrogens with one attached hydrogen (secondary N) is 1. The molecule has 0 aromatic heterocycles. The molecule has 2 aromatic rings. The number of benzene rings is 2. The second-order valence-corrected chi connectivity index (χ2v) is 7.16. The average molecular weight is 443 g/mol. The highest BCUT2D eigenvalue weighted by Gasteiger charge is 2.34. The van der Waals surface area contributed by atoms with E-state index < -0.39 is 22.4 Å². The third-order valence-electron chi connectivity index (χ3n) is 4.72.